The van der Waals surface area contributed by atoms with Gasteiger partial charge in [0.25, 0.3) is 0 Å². The van der Waals surface area contributed by atoms with Crippen LogP contribution in [0.15, 0.2) is 12.1 Å². The molecule has 0 spiro atoms. The summed E-state index contributed by atoms with van der Waals surface area (Å²) in [6, 6.07) is 3.43. The highest BCUT2D eigenvalue weighted by molar-refractivity contribution is 7.15. The van der Waals surface area contributed by atoms with Gasteiger partial charge in [-0.05, 0) is 19.3 Å². The Kier molecular flexibility index (Phi) is 5.31. The van der Waals surface area contributed by atoms with Crippen molar-refractivity contribution in [1.29, 1.82) is 0 Å². The van der Waals surface area contributed by atoms with E-state index in [1.165, 1.54) is 37.5 Å². The smallest absolute Gasteiger partial charge is 0.231 e. The molecule has 2 aromatic rings. The summed E-state index contributed by atoms with van der Waals surface area (Å²) in [5.41, 5.74) is 1.69. The fourth-order valence-electron chi connectivity index (χ4n) is 3.81. The summed E-state index contributed by atoms with van der Waals surface area (Å²) >= 11 is 1.53. The summed E-state index contributed by atoms with van der Waals surface area (Å²) in [6.07, 6.45) is 3.27. The maximum atomic E-state index is 12.7. The molecule has 0 bridgehead atoms. The Morgan fingerprint density at radius 1 is 1.17 bits per heavy atom. The summed E-state index contributed by atoms with van der Waals surface area (Å²) in [6.45, 7) is 0.286. The lowest BCUT2D eigenvalue weighted by atomic mass is 10.1. The lowest BCUT2D eigenvalue weighted by Gasteiger charge is -2.20. The molecule has 1 aliphatic carbocycles. The Labute approximate surface area is 172 Å². The van der Waals surface area contributed by atoms with Crippen LogP contribution in [0.2, 0.25) is 0 Å². The van der Waals surface area contributed by atoms with Gasteiger partial charge in [-0.2, -0.15) is 0 Å². The van der Waals surface area contributed by atoms with Crippen molar-refractivity contribution in [3.8, 4) is 17.2 Å². The number of aromatic nitrogens is 1. The molecule has 1 fully saturated rings. The van der Waals surface area contributed by atoms with Gasteiger partial charge in [0.15, 0.2) is 16.6 Å². The largest absolute Gasteiger partial charge is 0.493 e. The number of anilines is 2. The van der Waals surface area contributed by atoms with Crippen LogP contribution in [0.3, 0.4) is 0 Å². The van der Waals surface area contributed by atoms with Crippen LogP contribution >= 0.6 is 11.3 Å². The zero-order chi connectivity index (χ0) is 20.5. The number of ether oxygens (including phenoxy) is 3. The molecule has 1 saturated heterocycles. The zero-order valence-corrected chi connectivity index (χ0v) is 17.4. The summed E-state index contributed by atoms with van der Waals surface area (Å²) < 4.78 is 16.1. The number of carbonyl (C=O) groups excluding carboxylic acids is 2. The van der Waals surface area contributed by atoms with Crippen molar-refractivity contribution in [3.05, 3.63) is 22.7 Å². The monoisotopic (exact) mass is 417 g/mol. The number of nitrogens with zero attached hydrogens (tertiary/aromatic N) is 2. The van der Waals surface area contributed by atoms with Gasteiger partial charge in [0.05, 0.1) is 38.6 Å². The van der Waals surface area contributed by atoms with Crippen LogP contribution in [-0.4, -0.2) is 44.7 Å². The van der Waals surface area contributed by atoms with E-state index in [9.17, 15) is 9.59 Å². The fraction of sp³-hybridized carbons (Fsp3) is 0.450. The molecule has 1 unspecified atom stereocenters. The van der Waals surface area contributed by atoms with E-state index in [2.05, 4.69) is 10.3 Å². The number of hydrogen-bond donors (Lipinski definition) is 1. The van der Waals surface area contributed by atoms with Crippen molar-refractivity contribution in [2.45, 2.75) is 25.7 Å². The first-order valence-corrected chi connectivity index (χ1v) is 10.3. The second-order valence-electron chi connectivity index (χ2n) is 7.02. The average molecular weight is 417 g/mol. The molecule has 2 heterocycles. The van der Waals surface area contributed by atoms with Crippen molar-refractivity contribution in [1.82, 2.24) is 4.98 Å². The van der Waals surface area contributed by atoms with E-state index in [4.69, 9.17) is 14.2 Å². The Bertz CT molecular complexity index is 911. The van der Waals surface area contributed by atoms with Gasteiger partial charge in [-0.25, -0.2) is 4.98 Å². The van der Waals surface area contributed by atoms with Gasteiger partial charge in [-0.1, -0.05) is 0 Å². The molecule has 1 N–H and O–H groups in total. The molecule has 8 nitrogen and oxygen atoms in total. The summed E-state index contributed by atoms with van der Waals surface area (Å²) in [5.74, 6) is 0.623. The molecule has 9 heteroatoms. The first-order valence-electron chi connectivity index (χ1n) is 9.43. The van der Waals surface area contributed by atoms with E-state index in [1.54, 1.807) is 17.0 Å². The molecule has 1 aromatic carbocycles. The van der Waals surface area contributed by atoms with Crippen LogP contribution in [0, 0.1) is 5.92 Å². The van der Waals surface area contributed by atoms with Gasteiger partial charge in [-0.15, -0.1) is 11.3 Å². The van der Waals surface area contributed by atoms with E-state index in [1.807, 2.05) is 0 Å². The van der Waals surface area contributed by atoms with Gasteiger partial charge in [-0.3, -0.25) is 9.59 Å². The van der Waals surface area contributed by atoms with Crippen molar-refractivity contribution in [3.63, 3.8) is 0 Å². The zero-order valence-electron chi connectivity index (χ0n) is 16.6. The van der Waals surface area contributed by atoms with Crippen molar-refractivity contribution >= 4 is 34.0 Å². The van der Waals surface area contributed by atoms with Crippen LogP contribution in [-0.2, 0) is 22.4 Å². The standard InChI is InChI=1S/C20H23N3O5S/c1-26-14-8-12(9-15(27-2)18(14)28-3)23-10-11(7-17(23)24)19(25)22-20-21-13-5-4-6-16(13)29-20/h8-9,11H,4-7,10H2,1-3H3,(H,21,22,25). The molecule has 154 valence electrons. The average Bonchev–Trinajstić information content (AvgIpc) is 3.41. The van der Waals surface area contributed by atoms with Gasteiger partial charge < -0.3 is 24.4 Å². The van der Waals surface area contributed by atoms with Gasteiger partial charge in [0.1, 0.15) is 0 Å². The van der Waals surface area contributed by atoms with E-state index in [-0.39, 0.29) is 24.8 Å². The minimum absolute atomic E-state index is 0.124. The number of methoxy groups -OCH3 is 3. The highest BCUT2D eigenvalue weighted by Gasteiger charge is 2.36. The fourth-order valence-corrected chi connectivity index (χ4v) is 4.86. The third kappa shape index (κ3) is 3.62. The highest BCUT2D eigenvalue weighted by Crippen LogP contribution is 2.42. The SMILES string of the molecule is COc1cc(N2CC(C(=O)Nc3nc4c(s3)CCC4)CC2=O)cc(OC)c1OC. The van der Waals surface area contributed by atoms with E-state index >= 15 is 0 Å². The third-order valence-electron chi connectivity index (χ3n) is 5.28. The molecule has 1 atom stereocenters. The van der Waals surface area contributed by atoms with Crippen molar-refractivity contribution in [2.24, 2.45) is 5.92 Å². The first-order chi connectivity index (χ1) is 14.0. The van der Waals surface area contributed by atoms with Gasteiger partial charge in [0, 0.05) is 30.0 Å². The van der Waals surface area contributed by atoms with E-state index in [0.29, 0.717) is 28.1 Å². The lowest BCUT2D eigenvalue weighted by molar-refractivity contribution is -0.122. The number of benzene rings is 1. The number of aryl methyl sites for hydroxylation is 2. The lowest BCUT2D eigenvalue weighted by Crippen LogP contribution is -2.28. The number of rotatable bonds is 6. The predicted molar refractivity (Wildman–Crippen MR) is 109 cm³/mol. The second-order valence-corrected chi connectivity index (χ2v) is 8.10. The van der Waals surface area contributed by atoms with Crippen molar-refractivity contribution < 1.29 is 23.8 Å². The summed E-state index contributed by atoms with van der Waals surface area (Å²) in [7, 11) is 4.57. The predicted octanol–water partition coefficient (Wildman–Crippen LogP) is 2.65. The topological polar surface area (TPSA) is 90.0 Å². The van der Waals surface area contributed by atoms with E-state index in [0.717, 1.165) is 25.0 Å². The third-order valence-corrected chi connectivity index (χ3v) is 6.36. The molecule has 2 amide bonds. The number of carbonyl (C=O) groups is 2. The number of thiazole rings is 1. The van der Waals surface area contributed by atoms with Crippen LogP contribution in [0.25, 0.3) is 0 Å². The Morgan fingerprint density at radius 3 is 2.52 bits per heavy atom. The Balaban J connectivity index is 1.50. The number of hydrogen-bond acceptors (Lipinski definition) is 7. The minimum Gasteiger partial charge on any atom is -0.493 e. The summed E-state index contributed by atoms with van der Waals surface area (Å²) in [5, 5.41) is 3.51. The molecule has 0 radical (unpaired) electrons. The number of nitrogens with one attached hydrogen (secondary N) is 1. The Hall–Kier alpha value is -2.81. The van der Waals surface area contributed by atoms with Crippen LogP contribution < -0.4 is 24.4 Å². The second kappa shape index (κ2) is 7.90. The maximum Gasteiger partial charge on any atom is 0.231 e. The van der Waals surface area contributed by atoms with Crippen LogP contribution in [0.4, 0.5) is 10.8 Å². The molecule has 2 aliphatic rings. The van der Waals surface area contributed by atoms with Gasteiger partial charge >= 0.3 is 0 Å². The van der Waals surface area contributed by atoms with Crippen LogP contribution in [0.1, 0.15) is 23.4 Å². The minimum atomic E-state index is -0.444. The molecular formula is C20H23N3O5S. The molecule has 0 saturated carbocycles. The first kappa shape index (κ1) is 19.5. The Morgan fingerprint density at radius 2 is 1.90 bits per heavy atom. The highest BCUT2D eigenvalue weighted by atomic mass is 32.1. The van der Waals surface area contributed by atoms with E-state index < -0.39 is 5.92 Å². The molecular weight excluding hydrogens is 394 g/mol. The molecule has 1 aromatic heterocycles. The summed E-state index contributed by atoms with van der Waals surface area (Å²) in [4.78, 5) is 32.7. The molecule has 1 aliphatic heterocycles. The van der Waals surface area contributed by atoms with Crippen molar-refractivity contribution in [2.75, 3.05) is 38.1 Å². The number of amides is 2. The van der Waals surface area contributed by atoms with Crippen LogP contribution in [0.5, 0.6) is 17.2 Å². The molecule has 29 heavy (non-hydrogen) atoms. The van der Waals surface area contributed by atoms with Gasteiger partial charge in [0.2, 0.25) is 17.6 Å². The number of fused-ring (bicyclic) bond motifs is 1. The quantitative estimate of drug-likeness (QED) is 0.777. The maximum absolute atomic E-state index is 12.7. The normalized spacial score (nSPS) is 18.0. The molecule has 4 rings (SSSR count).